The third-order valence-electron chi connectivity index (χ3n) is 8.25. The van der Waals surface area contributed by atoms with Gasteiger partial charge in [0.05, 0.1) is 5.69 Å². The van der Waals surface area contributed by atoms with Crippen molar-refractivity contribution in [3.63, 3.8) is 0 Å². The molecule has 1 amide bonds. The molecule has 10 heteroatoms. The zero-order valence-corrected chi connectivity index (χ0v) is 23.2. The molecule has 6 rings (SSSR count). The number of anilines is 2. The molecule has 10 nitrogen and oxygen atoms in total. The van der Waals surface area contributed by atoms with Gasteiger partial charge >= 0.3 is 0 Å². The van der Waals surface area contributed by atoms with Gasteiger partial charge in [-0.15, -0.1) is 0 Å². The molecule has 3 aliphatic rings. The Labute approximate surface area is 233 Å². The summed E-state index contributed by atoms with van der Waals surface area (Å²) in [7, 11) is 2.04. The maximum atomic E-state index is 13.7. The molecule has 0 saturated carbocycles. The minimum absolute atomic E-state index is 0.0318. The van der Waals surface area contributed by atoms with Gasteiger partial charge in [-0.1, -0.05) is 18.7 Å². The van der Waals surface area contributed by atoms with Crippen molar-refractivity contribution >= 4 is 17.3 Å². The number of piperazine rings is 1. The molecule has 1 aromatic carbocycles. The van der Waals surface area contributed by atoms with Crippen molar-refractivity contribution in [1.29, 1.82) is 0 Å². The molecular weight excluding hydrogens is 504 g/mol. The van der Waals surface area contributed by atoms with Crippen LogP contribution in [-0.2, 0) is 19.4 Å². The number of fused-ring (bicyclic) bond motifs is 3. The number of nitrogens with one attached hydrogen (secondary N) is 2. The number of carbonyl (C=O) groups is 1. The van der Waals surface area contributed by atoms with Crippen molar-refractivity contribution in [3.05, 3.63) is 87.2 Å². The summed E-state index contributed by atoms with van der Waals surface area (Å²) < 4.78 is 2.23. The van der Waals surface area contributed by atoms with E-state index < -0.39 is 0 Å². The number of aromatic nitrogens is 3. The van der Waals surface area contributed by atoms with Gasteiger partial charge in [-0.3, -0.25) is 14.5 Å². The van der Waals surface area contributed by atoms with Crippen molar-refractivity contribution in [2.24, 2.45) is 5.84 Å². The summed E-state index contributed by atoms with van der Waals surface area (Å²) in [6, 6.07) is 9.69. The van der Waals surface area contributed by atoms with Crippen LogP contribution in [0.5, 0.6) is 0 Å². The van der Waals surface area contributed by atoms with E-state index >= 15 is 0 Å². The first-order valence-electron chi connectivity index (χ1n) is 13.9. The highest BCUT2D eigenvalue weighted by Gasteiger charge is 2.31. The number of aromatic amines is 1. The van der Waals surface area contributed by atoms with Crippen LogP contribution in [0.3, 0.4) is 0 Å². The van der Waals surface area contributed by atoms with Crippen LogP contribution in [0.2, 0.25) is 0 Å². The van der Waals surface area contributed by atoms with Gasteiger partial charge in [0, 0.05) is 61.1 Å². The Hall–Kier alpha value is -4.15. The van der Waals surface area contributed by atoms with E-state index in [-0.39, 0.29) is 11.5 Å². The molecule has 2 aromatic heterocycles. The summed E-state index contributed by atoms with van der Waals surface area (Å²) in [6.45, 7) is 9.79. The SMILES string of the molecule is C=C(/C=C1/CN(C)CCN1N)Nc1cc(-c2cccc(N3CCn4c(cc5c4CCCC5)C3=O)c2C)n[nH]c1=O. The Morgan fingerprint density at radius 2 is 1.95 bits per heavy atom. The fourth-order valence-corrected chi connectivity index (χ4v) is 6.10. The summed E-state index contributed by atoms with van der Waals surface area (Å²) >= 11 is 0. The third-order valence-corrected chi connectivity index (χ3v) is 8.25. The van der Waals surface area contributed by atoms with E-state index in [1.165, 1.54) is 24.1 Å². The predicted octanol–water partition coefficient (Wildman–Crippen LogP) is 3.02. The molecule has 2 aliphatic heterocycles. The van der Waals surface area contributed by atoms with Gasteiger partial charge in [-0.25, -0.2) is 10.9 Å². The number of nitrogens with two attached hydrogens (primary N) is 1. The number of hydrogen-bond donors (Lipinski definition) is 3. The minimum Gasteiger partial charge on any atom is -0.351 e. The Morgan fingerprint density at radius 1 is 1.12 bits per heavy atom. The van der Waals surface area contributed by atoms with Crippen LogP contribution >= 0.6 is 0 Å². The molecule has 0 unspecified atom stereocenters. The van der Waals surface area contributed by atoms with Gasteiger partial charge in [0.2, 0.25) is 0 Å². The van der Waals surface area contributed by atoms with E-state index in [1.54, 1.807) is 11.1 Å². The van der Waals surface area contributed by atoms with Crippen LogP contribution < -0.4 is 21.6 Å². The standard InChI is InChI=1S/C30H36N8O2/c1-19(15-22-18-35(3)11-14-38(22)31)32-25-17-24(33-34-29(25)39)23-8-6-10-26(20(23)2)37-13-12-36-27-9-5-4-7-21(27)16-28(36)30(37)40/h6,8,10,15-17H,1,4-5,7,9,11-14,18,31H2,2-3H3,(H,32,33)(H,34,39)/b22-15-. The first-order chi connectivity index (χ1) is 19.3. The number of carbonyl (C=O) groups excluding carboxylic acids is 1. The zero-order valence-electron chi connectivity index (χ0n) is 23.2. The number of hydrogen-bond acceptors (Lipinski definition) is 7. The number of allylic oxidation sites excluding steroid dienone is 1. The molecule has 4 heterocycles. The summed E-state index contributed by atoms with van der Waals surface area (Å²) in [5, 5.41) is 11.8. The second-order valence-corrected chi connectivity index (χ2v) is 11.0. The number of nitrogens with zero attached hydrogens (tertiary/aromatic N) is 5. The van der Waals surface area contributed by atoms with E-state index in [1.807, 2.05) is 43.1 Å². The lowest BCUT2D eigenvalue weighted by Crippen LogP contribution is -2.46. The quantitative estimate of drug-likeness (QED) is 0.426. The van der Waals surface area contributed by atoms with Crippen molar-refractivity contribution in [2.45, 2.75) is 39.2 Å². The number of amides is 1. The number of benzene rings is 1. The Bertz CT molecular complexity index is 1580. The predicted molar refractivity (Wildman–Crippen MR) is 157 cm³/mol. The van der Waals surface area contributed by atoms with Gasteiger partial charge in [0.1, 0.15) is 11.4 Å². The highest BCUT2D eigenvalue weighted by atomic mass is 16.2. The summed E-state index contributed by atoms with van der Waals surface area (Å²) in [5.74, 6) is 6.16. The Kier molecular flexibility index (Phi) is 6.81. The van der Waals surface area contributed by atoms with Crippen LogP contribution in [0.25, 0.3) is 11.3 Å². The van der Waals surface area contributed by atoms with E-state index in [9.17, 15) is 9.59 Å². The second kappa shape index (κ2) is 10.4. The molecular formula is C30H36N8O2. The lowest BCUT2D eigenvalue weighted by atomic mass is 9.98. The van der Waals surface area contributed by atoms with Gasteiger partial charge in [-0.2, -0.15) is 5.10 Å². The Morgan fingerprint density at radius 3 is 2.80 bits per heavy atom. The molecule has 0 bridgehead atoms. The highest BCUT2D eigenvalue weighted by Crippen LogP contribution is 2.34. The van der Waals surface area contributed by atoms with E-state index in [2.05, 4.69) is 37.6 Å². The number of rotatable bonds is 5. The largest absolute Gasteiger partial charge is 0.351 e. The maximum Gasteiger partial charge on any atom is 0.287 e. The van der Waals surface area contributed by atoms with E-state index in [0.717, 1.165) is 60.7 Å². The molecule has 4 N–H and O–H groups in total. The molecule has 3 aromatic rings. The highest BCUT2D eigenvalue weighted by molar-refractivity contribution is 6.07. The van der Waals surface area contributed by atoms with Gasteiger partial charge in [0.25, 0.3) is 11.5 Å². The van der Waals surface area contributed by atoms with E-state index in [4.69, 9.17) is 5.84 Å². The fraction of sp³-hybridized carbons (Fsp3) is 0.367. The smallest absolute Gasteiger partial charge is 0.287 e. The summed E-state index contributed by atoms with van der Waals surface area (Å²) in [4.78, 5) is 30.4. The monoisotopic (exact) mass is 540 g/mol. The van der Waals surface area contributed by atoms with Crippen molar-refractivity contribution < 1.29 is 4.79 Å². The lowest BCUT2D eigenvalue weighted by molar-refractivity contribution is 0.0964. The average Bonchev–Trinajstić information content (AvgIpc) is 3.32. The van der Waals surface area contributed by atoms with Crippen LogP contribution in [0.1, 0.15) is 40.2 Å². The maximum absolute atomic E-state index is 13.7. The molecule has 0 atom stereocenters. The van der Waals surface area contributed by atoms with Crippen molar-refractivity contribution in [3.8, 4) is 11.3 Å². The third kappa shape index (κ3) is 4.73. The zero-order chi connectivity index (χ0) is 28.0. The molecule has 1 aliphatic carbocycles. The van der Waals surface area contributed by atoms with Crippen LogP contribution in [0, 0.1) is 6.92 Å². The van der Waals surface area contributed by atoms with Crippen LogP contribution in [0.15, 0.2) is 59.2 Å². The van der Waals surface area contributed by atoms with Crippen LogP contribution in [-0.4, -0.2) is 63.8 Å². The molecule has 0 spiro atoms. The summed E-state index contributed by atoms with van der Waals surface area (Å²) in [6.07, 6.45) is 6.34. The Balaban J connectivity index is 1.27. The topological polar surface area (TPSA) is 116 Å². The summed E-state index contributed by atoms with van der Waals surface area (Å²) in [5.41, 5.74) is 8.13. The lowest BCUT2D eigenvalue weighted by Gasteiger charge is -2.33. The van der Waals surface area contributed by atoms with Crippen molar-refractivity contribution in [2.75, 3.05) is 43.4 Å². The molecule has 1 fully saturated rings. The average molecular weight is 541 g/mol. The minimum atomic E-state index is -0.349. The number of H-pyrrole nitrogens is 1. The molecule has 1 saturated heterocycles. The first-order valence-corrected chi connectivity index (χ1v) is 13.9. The van der Waals surface area contributed by atoms with Gasteiger partial charge in [-0.05, 0) is 75.1 Å². The molecule has 0 radical (unpaired) electrons. The van der Waals surface area contributed by atoms with Crippen LogP contribution in [0.4, 0.5) is 11.4 Å². The second-order valence-electron chi connectivity index (χ2n) is 11.0. The van der Waals surface area contributed by atoms with Gasteiger partial charge in [0.15, 0.2) is 0 Å². The number of aryl methyl sites for hydroxylation is 1. The first kappa shape index (κ1) is 26.1. The van der Waals surface area contributed by atoms with Gasteiger partial charge < -0.3 is 19.8 Å². The fourth-order valence-electron chi connectivity index (χ4n) is 6.10. The number of likely N-dealkylation sites (N-methyl/N-ethyl adjacent to an activating group) is 1. The normalized spacial score (nSPS) is 18.6. The van der Waals surface area contributed by atoms with Crippen molar-refractivity contribution in [1.82, 2.24) is 24.7 Å². The molecule has 40 heavy (non-hydrogen) atoms. The number of hydrazine groups is 1. The molecule has 208 valence electrons. The van der Waals surface area contributed by atoms with E-state index in [0.29, 0.717) is 30.2 Å².